The molecule has 0 aromatic rings. The van der Waals surface area contributed by atoms with Crippen molar-refractivity contribution in [2.24, 2.45) is 5.92 Å². The predicted octanol–water partition coefficient (Wildman–Crippen LogP) is 2.48. The number of hydrogen-bond donors (Lipinski definition) is 1. The third-order valence-corrected chi connectivity index (χ3v) is 2.84. The van der Waals surface area contributed by atoms with E-state index in [2.05, 4.69) is 4.74 Å². The number of halogens is 4. The first-order valence-electron chi connectivity index (χ1n) is 3.82. The van der Waals surface area contributed by atoms with Crippen molar-refractivity contribution in [3.05, 3.63) is 24.0 Å². The Morgan fingerprint density at radius 1 is 1.53 bits per heavy atom. The fourth-order valence-corrected chi connectivity index (χ4v) is 1.76. The van der Waals surface area contributed by atoms with Crippen LogP contribution in [-0.2, 0) is 9.53 Å². The second kappa shape index (κ2) is 4.42. The van der Waals surface area contributed by atoms with Crippen LogP contribution >= 0.6 is 22.6 Å². The van der Waals surface area contributed by atoms with E-state index in [1.54, 1.807) is 0 Å². The highest BCUT2D eigenvalue weighted by Gasteiger charge is 2.34. The molecule has 0 heterocycles. The van der Waals surface area contributed by atoms with Crippen molar-refractivity contribution in [3.63, 3.8) is 0 Å². The van der Waals surface area contributed by atoms with Gasteiger partial charge in [-0.05, 0) is 12.2 Å². The fraction of sp³-hybridized carbons (Fsp3) is 0.375. The summed E-state index contributed by atoms with van der Waals surface area (Å²) in [6, 6.07) is 0. The number of carboxylic acid groups (broad SMARTS) is 1. The number of carboxylic acids is 1. The summed E-state index contributed by atoms with van der Waals surface area (Å²) >= 11 is 1.83. The Morgan fingerprint density at radius 3 is 2.60 bits per heavy atom. The summed E-state index contributed by atoms with van der Waals surface area (Å²) in [5, 5.41) is 8.70. The second-order valence-corrected chi connectivity index (χ2v) is 4.22. The summed E-state index contributed by atoms with van der Waals surface area (Å²) in [6.07, 6.45) is -1.37. The third-order valence-electron chi connectivity index (χ3n) is 1.65. The summed E-state index contributed by atoms with van der Waals surface area (Å²) in [7, 11) is 0. The third kappa shape index (κ3) is 3.73. The summed E-state index contributed by atoms with van der Waals surface area (Å²) in [4.78, 5) is 10.7. The van der Waals surface area contributed by atoms with Crippen molar-refractivity contribution in [1.29, 1.82) is 0 Å². The molecule has 0 unspecified atom stereocenters. The first-order valence-corrected chi connectivity index (χ1v) is 5.07. The minimum atomic E-state index is -4.79. The van der Waals surface area contributed by atoms with Crippen molar-refractivity contribution in [2.45, 2.75) is 10.3 Å². The molecule has 0 saturated heterocycles. The van der Waals surface area contributed by atoms with Crippen molar-refractivity contribution in [3.8, 4) is 0 Å². The quantitative estimate of drug-likeness (QED) is 0.623. The Labute approximate surface area is 96.7 Å². The van der Waals surface area contributed by atoms with Crippen LogP contribution in [0.25, 0.3) is 0 Å². The van der Waals surface area contributed by atoms with Crippen LogP contribution in [0.4, 0.5) is 13.2 Å². The summed E-state index contributed by atoms with van der Waals surface area (Å²) in [5.74, 6) is -2.65. The van der Waals surface area contributed by atoms with Crippen molar-refractivity contribution in [1.82, 2.24) is 0 Å². The first-order chi connectivity index (χ1) is 6.79. The molecular formula is C8H6F3IO3. The van der Waals surface area contributed by atoms with Crippen molar-refractivity contribution in [2.75, 3.05) is 0 Å². The van der Waals surface area contributed by atoms with Gasteiger partial charge in [0.2, 0.25) is 0 Å². The zero-order valence-electron chi connectivity index (χ0n) is 7.16. The van der Waals surface area contributed by atoms with Crippen molar-refractivity contribution < 1.29 is 27.8 Å². The number of allylic oxidation sites excluding steroid dienone is 2. The highest BCUT2D eigenvalue weighted by Crippen LogP contribution is 2.28. The molecule has 0 aromatic carbocycles. The molecule has 0 radical (unpaired) electrons. The molecule has 15 heavy (non-hydrogen) atoms. The Kier molecular flexibility index (Phi) is 3.63. The smallest absolute Gasteiger partial charge is 0.481 e. The fourth-order valence-electron chi connectivity index (χ4n) is 1.04. The van der Waals surface area contributed by atoms with Crippen LogP contribution in [0, 0.1) is 5.92 Å². The van der Waals surface area contributed by atoms with Gasteiger partial charge >= 0.3 is 12.3 Å². The van der Waals surface area contributed by atoms with Gasteiger partial charge in [0.05, 0.1) is 5.92 Å². The Morgan fingerprint density at radius 2 is 2.13 bits per heavy atom. The largest absolute Gasteiger partial charge is 0.573 e. The number of alkyl halides is 4. The molecule has 3 nitrogen and oxygen atoms in total. The first kappa shape index (κ1) is 12.3. The molecule has 0 spiro atoms. The lowest BCUT2D eigenvalue weighted by Crippen LogP contribution is -2.24. The van der Waals surface area contributed by atoms with E-state index in [0.29, 0.717) is 0 Å². The van der Waals surface area contributed by atoms with Crippen LogP contribution in [-0.4, -0.2) is 21.4 Å². The van der Waals surface area contributed by atoms with E-state index in [0.717, 1.165) is 12.2 Å². The van der Waals surface area contributed by atoms with E-state index < -0.39 is 24.0 Å². The topological polar surface area (TPSA) is 46.5 Å². The molecule has 1 aliphatic rings. The highest BCUT2D eigenvalue weighted by atomic mass is 127. The number of carbonyl (C=O) groups is 1. The standard InChI is InChI=1S/C8H6F3IO3/c9-8(10,11)15-4-1-2-6(12)5(3-4)7(13)14/h1-3,5-6H,(H,13,14)/t5-,6+/m0/s1. The average Bonchev–Trinajstić information content (AvgIpc) is 2.05. The minimum Gasteiger partial charge on any atom is -0.481 e. The predicted molar refractivity (Wildman–Crippen MR) is 53.3 cm³/mol. The van der Waals surface area contributed by atoms with Gasteiger partial charge in [0.15, 0.2) is 0 Å². The molecule has 0 fully saturated rings. The molecule has 0 aliphatic heterocycles. The normalized spacial score (nSPS) is 26.0. The molecule has 1 rings (SSSR count). The molecule has 84 valence electrons. The molecule has 0 saturated carbocycles. The average molecular weight is 334 g/mol. The van der Waals surface area contributed by atoms with Gasteiger partial charge in [0, 0.05) is 3.92 Å². The van der Waals surface area contributed by atoms with E-state index in [9.17, 15) is 18.0 Å². The molecule has 7 heteroatoms. The maximum absolute atomic E-state index is 11.8. The zero-order chi connectivity index (χ0) is 11.6. The van der Waals surface area contributed by atoms with Gasteiger partial charge in [-0.1, -0.05) is 28.7 Å². The van der Waals surface area contributed by atoms with Gasteiger partial charge in [-0.15, -0.1) is 13.2 Å². The maximum atomic E-state index is 11.8. The van der Waals surface area contributed by atoms with Gasteiger partial charge in [-0.2, -0.15) is 0 Å². The minimum absolute atomic E-state index is 0.374. The van der Waals surface area contributed by atoms with Crippen molar-refractivity contribution >= 4 is 28.6 Å². The second-order valence-electron chi connectivity index (χ2n) is 2.78. The Balaban J connectivity index is 2.80. The van der Waals surface area contributed by atoms with E-state index in [1.807, 2.05) is 22.6 Å². The molecule has 0 amide bonds. The van der Waals surface area contributed by atoms with Gasteiger partial charge in [0.25, 0.3) is 0 Å². The van der Waals surface area contributed by atoms with Gasteiger partial charge in [-0.25, -0.2) is 0 Å². The molecule has 1 aliphatic carbocycles. The van der Waals surface area contributed by atoms with Crippen LogP contribution in [0.5, 0.6) is 0 Å². The maximum Gasteiger partial charge on any atom is 0.573 e. The lowest BCUT2D eigenvalue weighted by molar-refractivity contribution is -0.303. The van der Waals surface area contributed by atoms with Gasteiger partial charge in [-0.3, -0.25) is 4.79 Å². The van der Waals surface area contributed by atoms with E-state index in [1.165, 1.54) is 6.08 Å². The summed E-state index contributed by atoms with van der Waals surface area (Å²) in [6.45, 7) is 0. The monoisotopic (exact) mass is 334 g/mol. The molecular weight excluding hydrogens is 328 g/mol. The lowest BCUT2D eigenvalue weighted by atomic mass is 10.0. The zero-order valence-corrected chi connectivity index (χ0v) is 9.32. The molecule has 2 atom stereocenters. The Hall–Kier alpha value is -0.730. The van der Waals surface area contributed by atoms with Crippen LogP contribution < -0.4 is 0 Å². The summed E-state index contributed by atoms with van der Waals surface area (Å²) < 4.78 is 38.7. The van der Waals surface area contributed by atoms with E-state index in [4.69, 9.17) is 5.11 Å². The highest BCUT2D eigenvalue weighted by molar-refractivity contribution is 14.1. The summed E-state index contributed by atoms with van der Waals surface area (Å²) in [5.41, 5.74) is 0. The molecule has 0 bridgehead atoms. The van der Waals surface area contributed by atoms with Gasteiger partial charge in [0.1, 0.15) is 5.76 Å². The SMILES string of the molecule is O=C(O)[C@H]1C=C(OC(F)(F)F)C=C[C@H]1I. The van der Waals surface area contributed by atoms with Crippen LogP contribution in [0.1, 0.15) is 0 Å². The van der Waals surface area contributed by atoms with Gasteiger partial charge < -0.3 is 9.84 Å². The van der Waals surface area contributed by atoms with Crippen LogP contribution in [0.2, 0.25) is 0 Å². The van der Waals surface area contributed by atoms with Crippen LogP contribution in [0.3, 0.4) is 0 Å². The van der Waals surface area contributed by atoms with E-state index >= 15 is 0 Å². The molecule has 1 N–H and O–H groups in total. The number of ether oxygens (including phenoxy) is 1. The van der Waals surface area contributed by atoms with Crippen LogP contribution in [0.15, 0.2) is 24.0 Å². The Bertz CT molecular complexity index is 322. The molecule has 0 aromatic heterocycles. The number of hydrogen-bond acceptors (Lipinski definition) is 2. The number of aliphatic carboxylic acids is 1. The number of rotatable bonds is 2. The van der Waals surface area contributed by atoms with E-state index in [-0.39, 0.29) is 3.92 Å². The lowest BCUT2D eigenvalue weighted by Gasteiger charge is -2.19.